The van der Waals surface area contributed by atoms with E-state index in [9.17, 15) is 19.5 Å². The van der Waals surface area contributed by atoms with Crippen molar-refractivity contribution in [1.82, 2.24) is 10.6 Å². The van der Waals surface area contributed by atoms with Crippen LogP contribution in [0.1, 0.15) is 59.3 Å². The first kappa shape index (κ1) is 24.9. The fourth-order valence-electron chi connectivity index (χ4n) is 2.05. The number of nitrogens with one attached hydrogen (secondary N) is 2. The van der Waals surface area contributed by atoms with Crippen molar-refractivity contribution in [1.29, 1.82) is 0 Å². The molecular weight excluding hydrogens is 356 g/mol. The Morgan fingerprint density at radius 3 is 2.35 bits per heavy atom. The Morgan fingerprint density at radius 1 is 1.04 bits per heavy atom. The maximum atomic E-state index is 11.7. The number of carbonyl (C=O) groups is 3. The molecule has 0 aromatic heterocycles. The first-order chi connectivity index (χ1) is 12.2. The first-order valence-corrected chi connectivity index (χ1v) is 10.2. The van der Waals surface area contributed by atoms with Crippen molar-refractivity contribution < 1.29 is 24.6 Å². The Labute approximate surface area is 160 Å². The molecule has 1 unspecified atom stereocenters. The summed E-state index contributed by atoms with van der Waals surface area (Å²) in [6, 6.07) is 0. The standard InChI is InChI=1S/C18H34N2O5S/c1-4-5-6-7-8-15(23)26-12-11-19-14(22)9-10-20-17(25)16(24)18(2,3)13-21/h16,21,24H,4-13H2,1-3H3,(H,19,22)(H,20,25). The minimum atomic E-state index is -1.34. The lowest BCUT2D eigenvalue weighted by Gasteiger charge is -2.27. The second-order valence-corrected chi connectivity index (χ2v) is 8.12. The van der Waals surface area contributed by atoms with Gasteiger partial charge in [-0.05, 0) is 6.42 Å². The molecule has 0 saturated carbocycles. The van der Waals surface area contributed by atoms with Gasteiger partial charge in [0.15, 0.2) is 5.12 Å². The molecule has 0 radical (unpaired) electrons. The molecule has 0 aliphatic rings. The molecule has 0 aliphatic heterocycles. The van der Waals surface area contributed by atoms with Crippen LogP contribution in [0.5, 0.6) is 0 Å². The molecular formula is C18H34N2O5S. The third-order valence-electron chi connectivity index (χ3n) is 3.97. The predicted molar refractivity (Wildman–Crippen MR) is 104 cm³/mol. The van der Waals surface area contributed by atoms with Crippen molar-refractivity contribution in [3.63, 3.8) is 0 Å². The third kappa shape index (κ3) is 11.5. The average Bonchev–Trinajstić information content (AvgIpc) is 2.61. The number of thioether (sulfide) groups is 1. The molecule has 0 fully saturated rings. The number of aliphatic hydroxyl groups is 2. The molecule has 152 valence electrons. The SMILES string of the molecule is CCCCCCC(=O)SCCNC(=O)CCNC(=O)C(O)C(C)(C)CO. The maximum absolute atomic E-state index is 11.7. The number of aliphatic hydroxyl groups excluding tert-OH is 2. The van der Waals surface area contributed by atoms with E-state index in [0.29, 0.717) is 18.7 Å². The van der Waals surface area contributed by atoms with Gasteiger partial charge >= 0.3 is 0 Å². The van der Waals surface area contributed by atoms with Crippen LogP contribution >= 0.6 is 11.8 Å². The Morgan fingerprint density at radius 2 is 1.73 bits per heavy atom. The minimum absolute atomic E-state index is 0.0909. The van der Waals surface area contributed by atoms with E-state index in [0.717, 1.165) is 25.7 Å². The van der Waals surface area contributed by atoms with Gasteiger partial charge in [-0.15, -0.1) is 0 Å². The van der Waals surface area contributed by atoms with Gasteiger partial charge in [0.05, 0.1) is 6.61 Å². The lowest BCUT2D eigenvalue weighted by atomic mass is 9.87. The van der Waals surface area contributed by atoms with Gasteiger partial charge < -0.3 is 20.8 Å². The highest BCUT2D eigenvalue weighted by atomic mass is 32.2. The van der Waals surface area contributed by atoms with Crippen molar-refractivity contribution >= 4 is 28.7 Å². The quantitative estimate of drug-likeness (QED) is 0.332. The number of unbranched alkanes of at least 4 members (excludes halogenated alkanes) is 3. The highest BCUT2D eigenvalue weighted by Gasteiger charge is 2.32. The molecule has 2 amide bonds. The highest BCUT2D eigenvalue weighted by Crippen LogP contribution is 2.19. The molecule has 8 heteroatoms. The topological polar surface area (TPSA) is 116 Å². The zero-order valence-electron chi connectivity index (χ0n) is 16.2. The molecule has 0 spiro atoms. The van der Waals surface area contributed by atoms with Crippen LogP contribution < -0.4 is 10.6 Å². The van der Waals surface area contributed by atoms with Gasteiger partial charge in [0.1, 0.15) is 6.10 Å². The van der Waals surface area contributed by atoms with E-state index in [1.165, 1.54) is 11.8 Å². The molecule has 0 heterocycles. The number of carbonyl (C=O) groups excluding carboxylic acids is 3. The van der Waals surface area contributed by atoms with Crippen LogP contribution in [0.15, 0.2) is 0 Å². The second-order valence-electron chi connectivity index (χ2n) is 6.97. The van der Waals surface area contributed by atoms with Gasteiger partial charge in [-0.3, -0.25) is 14.4 Å². The first-order valence-electron chi connectivity index (χ1n) is 9.23. The van der Waals surface area contributed by atoms with Crippen molar-refractivity contribution in [2.45, 2.75) is 65.4 Å². The van der Waals surface area contributed by atoms with Crippen molar-refractivity contribution in [2.24, 2.45) is 5.41 Å². The van der Waals surface area contributed by atoms with Crippen molar-refractivity contribution in [3.8, 4) is 0 Å². The zero-order valence-corrected chi connectivity index (χ0v) is 17.0. The number of rotatable bonds is 14. The van der Waals surface area contributed by atoms with E-state index >= 15 is 0 Å². The molecule has 7 nitrogen and oxygen atoms in total. The summed E-state index contributed by atoms with van der Waals surface area (Å²) in [5.41, 5.74) is -0.938. The van der Waals surface area contributed by atoms with Crippen LogP contribution in [0, 0.1) is 5.41 Å². The van der Waals surface area contributed by atoms with E-state index in [2.05, 4.69) is 17.6 Å². The van der Waals surface area contributed by atoms with Gasteiger partial charge in [-0.2, -0.15) is 0 Å². The van der Waals surface area contributed by atoms with Crippen LogP contribution in [0.4, 0.5) is 0 Å². The summed E-state index contributed by atoms with van der Waals surface area (Å²) >= 11 is 1.23. The number of amides is 2. The molecule has 0 aromatic rings. The van der Waals surface area contributed by atoms with Crippen molar-refractivity contribution in [2.75, 3.05) is 25.4 Å². The molecule has 0 rings (SSSR count). The zero-order chi connectivity index (χ0) is 20.0. The smallest absolute Gasteiger partial charge is 0.249 e. The molecule has 0 aromatic carbocycles. The van der Waals surface area contributed by atoms with Gasteiger partial charge in [-0.1, -0.05) is 51.8 Å². The molecule has 4 N–H and O–H groups in total. The normalized spacial score (nSPS) is 12.5. The van der Waals surface area contributed by atoms with Gasteiger partial charge in [-0.25, -0.2) is 0 Å². The van der Waals surface area contributed by atoms with Gasteiger partial charge in [0.2, 0.25) is 11.8 Å². The molecule has 0 saturated heterocycles. The second kappa shape index (κ2) is 14.0. The van der Waals surface area contributed by atoms with Crippen LogP contribution in [0.25, 0.3) is 0 Å². The van der Waals surface area contributed by atoms with E-state index in [1.54, 1.807) is 13.8 Å². The monoisotopic (exact) mass is 390 g/mol. The van der Waals surface area contributed by atoms with Crippen LogP contribution in [-0.2, 0) is 14.4 Å². The summed E-state index contributed by atoms with van der Waals surface area (Å²) < 4.78 is 0. The summed E-state index contributed by atoms with van der Waals surface area (Å²) in [7, 11) is 0. The summed E-state index contributed by atoms with van der Waals surface area (Å²) in [5, 5.41) is 24.3. The van der Waals surface area contributed by atoms with Crippen LogP contribution in [-0.4, -0.2) is 58.7 Å². The van der Waals surface area contributed by atoms with Crippen LogP contribution in [0.2, 0.25) is 0 Å². The largest absolute Gasteiger partial charge is 0.396 e. The Hall–Kier alpha value is -1.12. The van der Waals surface area contributed by atoms with Gasteiger partial charge in [0.25, 0.3) is 0 Å². The number of hydrogen-bond donors (Lipinski definition) is 4. The molecule has 26 heavy (non-hydrogen) atoms. The van der Waals surface area contributed by atoms with Gasteiger partial charge in [0, 0.05) is 37.1 Å². The summed E-state index contributed by atoms with van der Waals surface area (Å²) in [6.07, 6.45) is 3.63. The van der Waals surface area contributed by atoms with Crippen LogP contribution in [0.3, 0.4) is 0 Å². The third-order valence-corrected chi connectivity index (χ3v) is 4.90. The summed E-state index contributed by atoms with van der Waals surface area (Å²) in [5.74, 6) is -0.299. The van der Waals surface area contributed by atoms with E-state index in [4.69, 9.17) is 5.11 Å². The minimum Gasteiger partial charge on any atom is -0.396 e. The Balaban J connectivity index is 3.75. The van der Waals surface area contributed by atoms with E-state index in [-0.39, 0.29) is 30.6 Å². The van der Waals surface area contributed by atoms with E-state index in [1.807, 2.05) is 0 Å². The van der Waals surface area contributed by atoms with E-state index < -0.39 is 17.4 Å². The fourth-order valence-corrected chi connectivity index (χ4v) is 2.77. The maximum Gasteiger partial charge on any atom is 0.249 e. The highest BCUT2D eigenvalue weighted by molar-refractivity contribution is 8.13. The summed E-state index contributed by atoms with van der Waals surface area (Å²) in [4.78, 5) is 35.1. The average molecular weight is 391 g/mol. The lowest BCUT2D eigenvalue weighted by molar-refractivity contribution is -0.137. The molecule has 1 atom stereocenters. The number of hydrogen-bond acceptors (Lipinski definition) is 6. The summed E-state index contributed by atoms with van der Waals surface area (Å²) in [6.45, 7) is 5.46. The Bertz CT molecular complexity index is 443. The predicted octanol–water partition coefficient (Wildman–Crippen LogP) is 1.22. The Kier molecular flexibility index (Phi) is 13.4. The molecule has 0 aliphatic carbocycles. The fraction of sp³-hybridized carbons (Fsp3) is 0.833. The molecule has 0 bridgehead atoms. The lowest BCUT2D eigenvalue weighted by Crippen LogP contribution is -2.46. The van der Waals surface area contributed by atoms with Crippen molar-refractivity contribution in [3.05, 3.63) is 0 Å².